The van der Waals surface area contributed by atoms with E-state index in [0.717, 1.165) is 32.4 Å². The molecule has 3 atom stereocenters. The number of carbonyl (C=O) groups is 3. The molecule has 0 bridgehead atoms. The minimum Gasteiger partial charge on any atom is -0.468 e. The largest absolute Gasteiger partial charge is 0.468 e. The van der Waals surface area contributed by atoms with Crippen molar-refractivity contribution in [2.24, 2.45) is 5.41 Å². The smallest absolute Gasteiger partial charge is 0.322 e. The summed E-state index contributed by atoms with van der Waals surface area (Å²) < 4.78 is 10.7. The maximum absolute atomic E-state index is 12.6. The second-order valence-corrected chi connectivity index (χ2v) is 6.80. The second kappa shape index (κ2) is 7.47. The molecule has 0 N–H and O–H groups in total. The van der Waals surface area contributed by atoms with Crippen LogP contribution in [0.4, 0.5) is 0 Å². The van der Waals surface area contributed by atoms with E-state index in [9.17, 15) is 14.4 Å². The summed E-state index contributed by atoms with van der Waals surface area (Å²) in [5.74, 6) is -0.950. The SMILES string of the molecule is C=C1C(=O)C(C)(C(=O)OC)C(CCC(=O)N2CCCCC2)OC1C. The summed E-state index contributed by atoms with van der Waals surface area (Å²) in [5.41, 5.74) is -1.18. The molecule has 2 rings (SSSR count). The highest BCUT2D eigenvalue weighted by molar-refractivity contribution is 6.13. The molecule has 6 heteroatoms. The fraction of sp³-hybridized carbons (Fsp3) is 0.722. The van der Waals surface area contributed by atoms with Gasteiger partial charge >= 0.3 is 5.97 Å². The van der Waals surface area contributed by atoms with Gasteiger partial charge in [0.1, 0.15) is 0 Å². The van der Waals surface area contributed by atoms with Gasteiger partial charge in [-0.25, -0.2) is 0 Å². The predicted molar refractivity (Wildman–Crippen MR) is 88.3 cm³/mol. The van der Waals surface area contributed by atoms with Gasteiger partial charge in [-0.05, 0) is 39.5 Å². The zero-order valence-electron chi connectivity index (χ0n) is 14.8. The van der Waals surface area contributed by atoms with E-state index in [2.05, 4.69) is 6.58 Å². The number of amides is 1. The first-order valence-electron chi connectivity index (χ1n) is 8.57. The van der Waals surface area contributed by atoms with Crippen molar-refractivity contribution in [2.75, 3.05) is 20.2 Å². The second-order valence-electron chi connectivity index (χ2n) is 6.80. The summed E-state index contributed by atoms with van der Waals surface area (Å²) in [4.78, 5) is 39.1. The predicted octanol–water partition coefficient (Wildman–Crippen LogP) is 1.87. The van der Waals surface area contributed by atoms with Crippen molar-refractivity contribution < 1.29 is 23.9 Å². The lowest BCUT2D eigenvalue weighted by molar-refractivity contribution is -0.175. The standard InChI is InChI=1S/C18H27NO5/c1-12-13(2)24-14(18(3,16(12)21)17(22)23-4)8-9-15(20)19-10-6-5-7-11-19/h13-14H,1,5-11H2,2-4H3. The molecule has 2 aliphatic rings. The van der Waals surface area contributed by atoms with Crippen LogP contribution in [-0.4, -0.2) is 55.0 Å². The van der Waals surface area contributed by atoms with Crippen molar-refractivity contribution >= 4 is 17.7 Å². The number of methoxy groups -OCH3 is 1. The summed E-state index contributed by atoms with van der Waals surface area (Å²) in [6.07, 6.45) is 2.62. The zero-order valence-corrected chi connectivity index (χ0v) is 14.8. The average molecular weight is 337 g/mol. The number of rotatable bonds is 4. The minimum absolute atomic E-state index is 0.0509. The Morgan fingerprint density at radius 1 is 1.33 bits per heavy atom. The molecule has 0 saturated carbocycles. The molecule has 2 fully saturated rings. The van der Waals surface area contributed by atoms with Gasteiger partial charge in [-0.15, -0.1) is 0 Å². The summed E-state index contributed by atoms with van der Waals surface area (Å²) in [6, 6.07) is 0. The van der Waals surface area contributed by atoms with Gasteiger partial charge in [-0.3, -0.25) is 14.4 Å². The summed E-state index contributed by atoms with van der Waals surface area (Å²) in [5, 5.41) is 0. The Hall–Kier alpha value is -1.69. The molecule has 0 aromatic carbocycles. The fourth-order valence-corrected chi connectivity index (χ4v) is 3.48. The van der Waals surface area contributed by atoms with Crippen LogP contribution in [0.25, 0.3) is 0 Å². The van der Waals surface area contributed by atoms with Gasteiger partial charge in [0.05, 0.1) is 19.3 Å². The number of likely N-dealkylation sites (tertiary alicyclic amines) is 1. The quantitative estimate of drug-likeness (QED) is 0.445. The van der Waals surface area contributed by atoms with E-state index in [0.29, 0.717) is 6.42 Å². The number of hydrogen-bond acceptors (Lipinski definition) is 5. The molecule has 2 heterocycles. The van der Waals surface area contributed by atoms with Crippen molar-refractivity contribution in [3.63, 3.8) is 0 Å². The van der Waals surface area contributed by atoms with Crippen LogP contribution >= 0.6 is 0 Å². The van der Waals surface area contributed by atoms with E-state index in [-0.39, 0.29) is 23.7 Å². The van der Waals surface area contributed by atoms with Crippen molar-refractivity contribution in [1.82, 2.24) is 4.90 Å². The molecule has 24 heavy (non-hydrogen) atoms. The van der Waals surface area contributed by atoms with Gasteiger partial charge in [-0.2, -0.15) is 0 Å². The number of Topliss-reactive ketones (excluding diaryl/α,β-unsaturated/α-hetero) is 1. The van der Waals surface area contributed by atoms with Gasteiger partial charge in [0.15, 0.2) is 11.2 Å². The van der Waals surface area contributed by atoms with Gasteiger partial charge in [0.2, 0.25) is 5.91 Å². The lowest BCUT2D eigenvalue weighted by atomic mass is 9.72. The highest BCUT2D eigenvalue weighted by Crippen LogP contribution is 2.39. The maximum atomic E-state index is 12.6. The maximum Gasteiger partial charge on any atom is 0.322 e. The molecule has 0 aromatic rings. The Kier molecular flexibility index (Phi) is 5.80. The number of piperidine rings is 1. The number of hydrogen-bond donors (Lipinski definition) is 0. The van der Waals surface area contributed by atoms with Crippen LogP contribution in [0.3, 0.4) is 0 Å². The Bertz CT molecular complexity index is 538. The van der Waals surface area contributed by atoms with Crippen LogP contribution in [0.5, 0.6) is 0 Å². The number of ketones is 1. The molecule has 6 nitrogen and oxygen atoms in total. The van der Waals surface area contributed by atoms with Gasteiger partial charge in [0, 0.05) is 25.1 Å². The number of nitrogens with zero attached hydrogens (tertiary/aromatic N) is 1. The summed E-state index contributed by atoms with van der Waals surface area (Å²) in [7, 11) is 1.25. The number of ether oxygens (including phenoxy) is 2. The van der Waals surface area contributed by atoms with Crippen molar-refractivity contribution in [3.05, 3.63) is 12.2 Å². The Balaban J connectivity index is 2.10. The molecular weight excluding hydrogens is 310 g/mol. The van der Waals surface area contributed by atoms with Crippen LogP contribution in [0.1, 0.15) is 46.0 Å². The normalized spacial score (nSPS) is 31.0. The van der Waals surface area contributed by atoms with Crippen molar-refractivity contribution in [1.29, 1.82) is 0 Å². The first kappa shape index (κ1) is 18.6. The third-order valence-electron chi connectivity index (χ3n) is 5.20. The van der Waals surface area contributed by atoms with Crippen LogP contribution in [0.2, 0.25) is 0 Å². The van der Waals surface area contributed by atoms with E-state index >= 15 is 0 Å². The van der Waals surface area contributed by atoms with E-state index in [1.807, 2.05) is 4.90 Å². The summed E-state index contributed by atoms with van der Waals surface area (Å²) >= 11 is 0. The number of esters is 1. The monoisotopic (exact) mass is 337 g/mol. The lowest BCUT2D eigenvalue weighted by Crippen LogP contribution is -2.55. The van der Waals surface area contributed by atoms with E-state index in [1.165, 1.54) is 14.0 Å². The molecule has 0 radical (unpaired) electrons. The van der Waals surface area contributed by atoms with Gasteiger partial charge in [0.25, 0.3) is 0 Å². The number of carbonyl (C=O) groups excluding carboxylic acids is 3. The molecule has 134 valence electrons. The highest BCUT2D eigenvalue weighted by atomic mass is 16.5. The fourth-order valence-electron chi connectivity index (χ4n) is 3.48. The topological polar surface area (TPSA) is 72.9 Å². The van der Waals surface area contributed by atoms with Gasteiger partial charge in [-0.1, -0.05) is 6.58 Å². The average Bonchev–Trinajstić information content (AvgIpc) is 2.61. The zero-order chi connectivity index (χ0) is 17.9. The summed E-state index contributed by atoms with van der Waals surface area (Å²) in [6.45, 7) is 8.55. The van der Waals surface area contributed by atoms with E-state index in [1.54, 1.807) is 6.92 Å². The lowest BCUT2D eigenvalue weighted by Gasteiger charge is -2.41. The van der Waals surface area contributed by atoms with Crippen LogP contribution < -0.4 is 0 Å². The molecule has 1 amide bonds. The van der Waals surface area contributed by atoms with Crippen molar-refractivity contribution in [2.45, 2.75) is 58.2 Å². The molecule has 2 aliphatic heterocycles. The molecular formula is C18H27NO5. The van der Waals surface area contributed by atoms with Crippen LogP contribution in [-0.2, 0) is 23.9 Å². The minimum atomic E-state index is -1.44. The van der Waals surface area contributed by atoms with Gasteiger partial charge < -0.3 is 14.4 Å². The Labute approximate surface area is 143 Å². The van der Waals surface area contributed by atoms with Crippen molar-refractivity contribution in [3.8, 4) is 0 Å². The van der Waals surface area contributed by atoms with E-state index < -0.39 is 23.6 Å². The van der Waals surface area contributed by atoms with Crippen LogP contribution in [0.15, 0.2) is 12.2 Å². The third-order valence-corrected chi connectivity index (χ3v) is 5.20. The third kappa shape index (κ3) is 3.38. The van der Waals surface area contributed by atoms with E-state index in [4.69, 9.17) is 9.47 Å². The molecule has 0 aliphatic carbocycles. The molecule has 0 aromatic heterocycles. The Morgan fingerprint density at radius 3 is 2.54 bits per heavy atom. The molecule has 3 unspecified atom stereocenters. The Morgan fingerprint density at radius 2 is 1.96 bits per heavy atom. The van der Waals surface area contributed by atoms with Crippen LogP contribution in [0, 0.1) is 5.41 Å². The first-order chi connectivity index (χ1) is 11.3. The molecule has 2 saturated heterocycles. The molecule has 0 spiro atoms. The first-order valence-corrected chi connectivity index (χ1v) is 8.57. The highest BCUT2D eigenvalue weighted by Gasteiger charge is 2.54.